The number of nitrogens with two attached hydrogens (primary N) is 1. The lowest BCUT2D eigenvalue weighted by Crippen LogP contribution is -2.12. The molecule has 0 amide bonds. The van der Waals surface area contributed by atoms with E-state index in [0.29, 0.717) is 5.69 Å². The van der Waals surface area contributed by atoms with Gasteiger partial charge >= 0.3 is 0 Å². The van der Waals surface area contributed by atoms with Gasteiger partial charge in [-0.25, -0.2) is 9.37 Å². The molecule has 1 unspecified atom stereocenters. The molecule has 1 heterocycles. The molecule has 20 heavy (non-hydrogen) atoms. The highest BCUT2D eigenvalue weighted by Gasteiger charge is 2.12. The van der Waals surface area contributed by atoms with Gasteiger partial charge in [-0.2, -0.15) is 0 Å². The summed E-state index contributed by atoms with van der Waals surface area (Å²) in [7, 11) is 0. The van der Waals surface area contributed by atoms with Crippen molar-refractivity contribution < 1.29 is 4.39 Å². The Hall–Kier alpha value is -1.53. The van der Waals surface area contributed by atoms with Gasteiger partial charge in [0.05, 0.1) is 6.04 Å². The van der Waals surface area contributed by atoms with Gasteiger partial charge in [0.2, 0.25) is 0 Å². The van der Waals surface area contributed by atoms with E-state index < -0.39 is 5.82 Å². The quantitative estimate of drug-likeness (QED) is 0.828. The zero-order valence-electron chi connectivity index (χ0n) is 11.3. The van der Waals surface area contributed by atoms with E-state index in [9.17, 15) is 4.39 Å². The van der Waals surface area contributed by atoms with Crippen LogP contribution >= 0.6 is 23.6 Å². The summed E-state index contributed by atoms with van der Waals surface area (Å²) >= 11 is 6.45. The minimum Gasteiger partial charge on any atom is -0.389 e. The van der Waals surface area contributed by atoms with E-state index in [1.165, 1.54) is 10.9 Å². The molecule has 0 fully saturated rings. The normalized spacial score (nSPS) is 12.2. The maximum Gasteiger partial charge on any atom is 0.135 e. The average Bonchev–Trinajstić information content (AvgIpc) is 2.87. The molecule has 3 N–H and O–H groups in total. The number of hydrogen-bond donors (Lipinski definition) is 2. The van der Waals surface area contributed by atoms with Crippen molar-refractivity contribution in [3.8, 4) is 0 Å². The van der Waals surface area contributed by atoms with Crippen molar-refractivity contribution in [2.75, 3.05) is 5.32 Å². The molecule has 1 aromatic heterocycles. The van der Waals surface area contributed by atoms with Gasteiger partial charge in [0.25, 0.3) is 0 Å². The first kappa shape index (κ1) is 14.9. The number of aromatic nitrogens is 1. The molecule has 0 saturated heterocycles. The largest absolute Gasteiger partial charge is 0.389 e. The number of thiazole rings is 1. The highest BCUT2D eigenvalue weighted by Crippen LogP contribution is 2.25. The van der Waals surface area contributed by atoms with Gasteiger partial charge in [-0.1, -0.05) is 19.1 Å². The number of halogens is 1. The predicted molar refractivity (Wildman–Crippen MR) is 85.8 cm³/mol. The third-order valence-corrected chi connectivity index (χ3v) is 4.45. The summed E-state index contributed by atoms with van der Waals surface area (Å²) in [5.41, 5.74) is 6.39. The van der Waals surface area contributed by atoms with Gasteiger partial charge in [-0.05, 0) is 31.5 Å². The van der Waals surface area contributed by atoms with E-state index >= 15 is 0 Å². The second-order valence-electron chi connectivity index (χ2n) is 4.44. The van der Waals surface area contributed by atoms with Crippen LogP contribution in [0.3, 0.4) is 0 Å². The van der Waals surface area contributed by atoms with Gasteiger partial charge in [0, 0.05) is 22.3 Å². The lowest BCUT2D eigenvalue weighted by Gasteiger charge is -2.13. The number of nitrogens with zero attached hydrogens (tertiary/aromatic N) is 1. The SMILES string of the molecule is CCc1cnc(C(C)Nc2ccc(C(N)=S)c(F)c2)s1. The second kappa shape index (κ2) is 6.28. The first-order valence-electron chi connectivity index (χ1n) is 6.31. The molecular formula is C14H16FN3S2. The Labute approximate surface area is 127 Å². The molecule has 0 aliphatic carbocycles. The molecule has 1 atom stereocenters. The molecular weight excluding hydrogens is 293 g/mol. The molecule has 6 heteroatoms. The molecule has 1 aromatic carbocycles. The molecule has 0 radical (unpaired) electrons. The van der Waals surface area contributed by atoms with Crippen LogP contribution in [0.1, 0.15) is 35.3 Å². The molecule has 0 spiro atoms. The highest BCUT2D eigenvalue weighted by molar-refractivity contribution is 7.80. The number of aryl methyl sites for hydroxylation is 1. The fraction of sp³-hybridized carbons (Fsp3) is 0.286. The molecule has 0 bridgehead atoms. The first-order valence-corrected chi connectivity index (χ1v) is 7.54. The number of nitrogens with one attached hydrogen (secondary N) is 1. The second-order valence-corrected chi connectivity index (χ2v) is 6.03. The Morgan fingerprint density at radius 2 is 2.30 bits per heavy atom. The number of benzene rings is 1. The molecule has 2 rings (SSSR count). The number of hydrogen-bond acceptors (Lipinski definition) is 4. The summed E-state index contributed by atoms with van der Waals surface area (Å²) < 4.78 is 13.8. The van der Waals surface area contributed by atoms with Gasteiger partial charge in [0.1, 0.15) is 15.8 Å². The minimum absolute atomic E-state index is 0.0235. The van der Waals surface area contributed by atoms with Crippen molar-refractivity contribution in [1.29, 1.82) is 0 Å². The Bertz CT molecular complexity index is 625. The van der Waals surface area contributed by atoms with Crippen LogP contribution in [0.4, 0.5) is 10.1 Å². The Kier molecular flexibility index (Phi) is 4.67. The fourth-order valence-corrected chi connectivity index (χ4v) is 2.83. The van der Waals surface area contributed by atoms with Crippen molar-refractivity contribution in [2.45, 2.75) is 26.3 Å². The molecule has 0 saturated carbocycles. The Balaban J connectivity index is 2.13. The summed E-state index contributed by atoms with van der Waals surface area (Å²) in [6.07, 6.45) is 2.86. The van der Waals surface area contributed by atoms with Crippen LogP contribution in [0.25, 0.3) is 0 Å². The van der Waals surface area contributed by atoms with E-state index in [1.54, 1.807) is 23.5 Å². The van der Waals surface area contributed by atoms with Crippen LogP contribution in [0.2, 0.25) is 0 Å². The Morgan fingerprint density at radius 1 is 1.55 bits per heavy atom. The molecule has 3 nitrogen and oxygen atoms in total. The first-order chi connectivity index (χ1) is 9.51. The molecule has 106 valence electrons. The van der Waals surface area contributed by atoms with E-state index in [1.807, 2.05) is 13.1 Å². The predicted octanol–water partition coefficient (Wildman–Crippen LogP) is 3.65. The summed E-state index contributed by atoms with van der Waals surface area (Å²) in [6, 6.07) is 4.78. The monoisotopic (exact) mass is 309 g/mol. The van der Waals surface area contributed by atoms with Crippen molar-refractivity contribution in [3.05, 3.63) is 45.7 Å². The van der Waals surface area contributed by atoms with E-state index in [2.05, 4.69) is 17.2 Å². The van der Waals surface area contributed by atoms with Crippen LogP contribution in [0.5, 0.6) is 0 Å². The average molecular weight is 309 g/mol. The third-order valence-electron chi connectivity index (χ3n) is 2.91. The van der Waals surface area contributed by atoms with Crippen LogP contribution in [-0.4, -0.2) is 9.97 Å². The topological polar surface area (TPSA) is 50.9 Å². The van der Waals surface area contributed by atoms with Gasteiger partial charge in [-0.3, -0.25) is 0 Å². The lowest BCUT2D eigenvalue weighted by molar-refractivity contribution is 0.625. The summed E-state index contributed by atoms with van der Waals surface area (Å²) in [5.74, 6) is -0.414. The van der Waals surface area contributed by atoms with Crippen LogP contribution in [0, 0.1) is 5.82 Å². The fourth-order valence-electron chi connectivity index (χ4n) is 1.80. The Morgan fingerprint density at radius 3 is 2.85 bits per heavy atom. The van der Waals surface area contributed by atoms with Crippen molar-refractivity contribution in [3.63, 3.8) is 0 Å². The smallest absolute Gasteiger partial charge is 0.135 e. The zero-order valence-corrected chi connectivity index (χ0v) is 12.9. The van der Waals surface area contributed by atoms with Crippen molar-refractivity contribution in [2.24, 2.45) is 5.73 Å². The third kappa shape index (κ3) is 3.32. The summed E-state index contributed by atoms with van der Waals surface area (Å²) in [6.45, 7) is 4.09. The van der Waals surface area contributed by atoms with Crippen molar-refractivity contribution in [1.82, 2.24) is 4.98 Å². The van der Waals surface area contributed by atoms with Gasteiger partial charge in [0.15, 0.2) is 0 Å². The summed E-state index contributed by atoms with van der Waals surface area (Å²) in [5, 5.41) is 4.21. The van der Waals surface area contributed by atoms with Crippen LogP contribution < -0.4 is 11.1 Å². The van der Waals surface area contributed by atoms with Gasteiger partial charge in [-0.15, -0.1) is 11.3 Å². The molecule has 2 aromatic rings. The van der Waals surface area contributed by atoms with E-state index in [0.717, 1.165) is 11.4 Å². The maximum atomic E-state index is 13.8. The van der Waals surface area contributed by atoms with Crippen LogP contribution in [0.15, 0.2) is 24.4 Å². The standard InChI is InChI=1S/C14H16FN3S2/c1-3-10-7-17-14(20-10)8(2)18-9-4-5-11(13(16)19)12(15)6-9/h4-8,18H,3H2,1-2H3,(H2,16,19). The van der Waals surface area contributed by atoms with Crippen LogP contribution in [-0.2, 0) is 6.42 Å². The number of thiocarbonyl (C=S) groups is 1. The lowest BCUT2D eigenvalue weighted by atomic mass is 10.2. The van der Waals surface area contributed by atoms with Crippen molar-refractivity contribution >= 4 is 34.2 Å². The van der Waals surface area contributed by atoms with E-state index in [4.69, 9.17) is 18.0 Å². The minimum atomic E-state index is -0.414. The van der Waals surface area contributed by atoms with E-state index in [-0.39, 0.29) is 16.6 Å². The molecule has 0 aliphatic rings. The van der Waals surface area contributed by atoms with Gasteiger partial charge < -0.3 is 11.1 Å². The zero-order chi connectivity index (χ0) is 14.7. The number of rotatable bonds is 5. The maximum absolute atomic E-state index is 13.8. The molecule has 0 aliphatic heterocycles. The summed E-state index contributed by atoms with van der Waals surface area (Å²) in [4.78, 5) is 5.68. The number of anilines is 1. The highest BCUT2D eigenvalue weighted by atomic mass is 32.1.